The van der Waals surface area contributed by atoms with Crippen molar-refractivity contribution in [2.24, 2.45) is 0 Å². The summed E-state index contributed by atoms with van der Waals surface area (Å²) in [7, 11) is 0. The third-order valence-electron chi connectivity index (χ3n) is 3.26. The van der Waals surface area contributed by atoms with Gasteiger partial charge in [-0.3, -0.25) is 0 Å². The summed E-state index contributed by atoms with van der Waals surface area (Å²) in [5.74, 6) is 0.759. The Morgan fingerprint density at radius 2 is 2.00 bits per heavy atom. The lowest BCUT2D eigenvalue weighted by atomic mass is 9.76. The van der Waals surface area contributed by atoms with E-state index in [2.05, 4.69) is 52.1 Å². The van der Waals surface area contributed by atoms with E-state index >= 15 is 0 Å². The van der Waals surface area contributed by atoms with Gasteiger partial charge in [0.15, 0.2) is 0 Å². The average Bonchev–Trinajstić information content (AvgIpc) is 2.23. The summed E-state index contributed by atoms with van der Waals surface area (Å²) in [5.41, 5.74) is 1.48. The minimum Gasteiger partial charge on any atom is -0.314 e. The molecule has 2 rings (SSSR count). The van der Waals surface area contributed by atoms with Crippen molar-refractivity contribution in [1.82, 2.24) is 5.32 Å². The van der Waals surface area contributed by atoms with Crippen molar-refractivity contribution in [2.75, 3.05) is 6.54 Å². The molecule has 0 heterocycles. The summed E-state index contributed by atoms with van der Waals surface area (Å²) < 4.78 is 1.16. The number of hydrogen-bond donors (Lipinski definition) is 1. The summed E-state index contributed by atoms with van der Waals surface area (Å²) in [5, 5.41) is 3.55. The Kier molecular flexibility index (Phi) is 4.19. The van der Waals surface area contributed by atoms with E-state index in [1.807, 2.05) is 6.08 Å². The third-order valence-corrected chi connectivity index (χ3v) is 3.79. The lowest BCUT2D eigenvalue weighted by molar-refractivity contribution is 0.293. The number of halogens is 1. The van der Waals surface area contributed by atoms with E-state index in [1.165, 1.54) is 18.4 Å². The van der Waals surface area contributed by atoms with Crippen LogP contribution < -0.4 is 5.32 Å². The number of hydrogen-bond acceptors (Lipinski definition) is 1. The van der Waals surface area contributed by atoms with Crippen LogP contribution in [0.25, 0.3) is 0 Å². The van der Waals surface area contributed by atoms with Gasteiger partial charge in [-0.25, -0.2) is 0 Å². The highest BCUT2D eigenvalue weighted by Crippen LogP contribution is 2.37. The Balaban J connectivity index is 1.75. The monoisotopic (exact) mass is 279 g/mol. The minimum absolute atomic E-state index is 0.716. The first kappa shape index (κ1) is 11.9. The zero-order valence-corrected chi connectivity index (χ0v) is 11.0. The molecule has 1 aliphatic carbocycles. The van der Waals surface area contributed by atoms with Crippen molar-refractivity contribution in [2.45, 2.75) is 31.2 Å². The molecule has 0 radical (unpaired) electrons. The molecule has 0 atom stereocenters. The van der Waals surface area contributed by atoms with Crippen LogP contribution in [0.5, 0.6) is 0 Å². The maximum absolute atomic E-state index is 3.73. The van der Waals surface area contributed by atoms with Crippen molar-refractivity contribution in [3.63, 3.8) is 0 Å². The van der Waals surface area contributed by atoms with Crippen LogP contribution in [-0.2, 0) is 0 Å². The van der Waals surface area contributed by atoms with Crippen LogP contribution in [0.4, 0.5) is 0 Å². The Labute approximate surface area is 106 Å². The molecule has 0 spiro atoms. The minimum atomic E-state index is 0.716. The molecule has 0 aliphatic heterocycles. The maximum Gasteiger partial charge on any atom is 0.0175 e. The highest BCUT2D eigenvalue weighted by atomic mass is 79.9. The first-order valence-electron chi connectivity index (χ1n) is 5.89. The molecule has 1 aromatic carbocycles. The zero-order chi connectivity index (χ0) is 11.4. The van der Waals surface area contributed by atoms with Gasteiger partial charge in [0.05, 0.1) is 0 Å². The Morgan fingerprint density at radius 1 is 1.31 bits per heavy atom. The van der Waals surface area contributed by atoms with Crippen molar-refractivity contribution in [3.8, 4) is 0 Å². The Bertz CT molecular complexity index is 338. The van der Waals surface area contributed by atoms with Gasteiger partial charge in [-0.1, -0.05) is 34.1 Å². The average molecular weight is 280 g/mol. The maximum atomic E-state index is 3.73. The molecule has 1 aromatic rings. The quantitative estimate of drug-likeness (QED) is 0.638. The van der Waals surface area contributed by atoms with E-state index in [0.717, 1.165) is 23.4 Å². The van der Waals surface area contributed by atoms with Crippen molar-refractivity contribution >= 4 is 15.9 Å². The van der Waals surface area contributed by atoms with E-state index in [1.54, 1.807) is 0 Å². The fourth-order valence-corrected chi connectivity index (χ4v) is 2.45. The molecule has 2 heteroatoms. The molecule has 0 unspecified atom stereocenters. The molecule has 1 aliphatic rings. The van der Waals surface area contributed by atoms with E-state index in [0.29, 0.717) is 6.04 Å². The molecule has 0 amide bonds. The van der Waals surface area contributed by atoms with Gasteiger partial charge in [-0.05, 0) is 49.4 Å². The second kappa shape index (κ2) is 5.65. The van der Waals surface area contributed by atoms with E-state index in [-0.39, 0.29) is 0 Å². The Morgan fingerprint density at radius 3 is 2.62 bits per heavy atom. The topological polar surface area (TPSA) is 12.0 Å². The van der Waals surface area contributed by atoms with E-state index in [4.69, 9.17) is 0 Å². The van der Waals surface area contributed by atoms with Crippen LogP contribution in [0.1, 0.15) is 30.7 Å². The van der Waals surface area contributed by atoms with Gasteiger partial charge in [0, 0.05) is 10.5 Å². The molecule has 0 aromatic heterocycles. The summed E-state index contributed by atoms with van der Waals surface area (Å²) in [6.07, 6.45) is 5.59. The predicted molar refractivity (Wildman–Crippen MR) is 72.7 cm³/mol. The summed E-state index contributed by atoms with van der Waals surface area (Å²) in [6.45, 7) is 4.80. The molecule has 1 nitrogen and oxygen atoms in total. The lowest BCUT2D eigenvalue weighted by Gasteiger charge is -2.36. The normalized spacial score (nSPS) is 23.8. The van der Waals surface area contributed by atoms with Gasteiger partial charge in [0.2, 0.25) is 0 Å². The van der Waals surface area contributed by atoms with Crippen LogP contribution in [0.15, 0.2) is 41.4 Å². The molecule has 86 valence electrons. The smallest absolute Gasteiger partial charge is 0.0175 e. The van der Waals surface area contributed by atoms with Crippen LogP contribution in [0.2, 0.25) is 0 Å². The standard InChI is InChI=1S/C14H18BrN/c1-2-3-8-16-14-9-12(10-14)11-4-6-13(15)7-5-11/h2,4-7,12,14,16H,1,3,8-10H2. The fourth-order valence-electron chi connectivity index (χ4n) is 2.18. The van der Waals surface area contributed by atoms with E-state index in [9.17, 15) is 0 Å². The SMILES string of the molecule is C=CCCNC1CC(c2ccc(Br)cc2)C1. The number of benzene rings is 1. The van der Waals surface area contributed by atoms with Gasteiger partial charge in [-0.15, -0.1) is 6.58 Å². The molecular formula is C14H18BrN. The molecule has 1 saturated carbocycles. The summed E-state index contributed by atoms with van der Waals surface area (Å²) in [6, 6.07) is 9.44. The second-order valence-electron chi connectivity index (χ2n) is 4.45. The van der Waals surface area contributed by atoms with E-state index < -0.39 is 0 Å². The van der Waals surface area contributed by atoms with Crippen molar-refractivity contribution in [3.05, 3.63) is 47.0 Å². The van der Waals surface area contributed by atoms with Crippen LogP contribution in [0, 0.1) is 0 Å². The predicted octanol–water partition coefficient (Wildman–Crippen LogP) is 3.86. The highest BCUT2D eigenvalue weighted by molar-refractivity contribution is 9.10. The number of rotatable bonds is 5. The molecule has 1 fully saturated rings. The highest BCUT2D eigenvalue weighted by Gasteiger charge is 2.29. The van der Waals surface area contributed by atoms with Crippen LogP contribution in [0.3, 0.4) is 0 Å². The van der Waals surface area contributed by atoms with Gasteiger partial charge >= 0.3 is 0 Å². The molecule has 0 saturated heterocycles. The first-order valence-corrected chi connectivity index (χ1v) is 6.68. The largest absolute Gasteiger partial charge is 0.314 e. The first-order chi connectivity index (χ1) is 7.79. The van der Waals surface area contributed by atoms with Crippen molar-refractivity contribution < 1.29 is 0 Å². The Hall–Kier alpha value is -0.600. The van der Waals surface area contributed by atoms with Gasteiger partial charge in [0.1, 0.15) is 0 Å². The number of nitrogens with one attached hydrogen (secondary N) is 1. The summed E-state index contributed by atoms with van der Waals surface area (Å²) >= 11 is 3.47. The van der Waals surface area contributed by atoms with Crippen LogP contribution in [-0.4, -0.2) is 12.6 Å². The fraction of sp³-hybridized carbons (Fsp3) is 0.429. The molecule has 0 bridgehead atoms. The summed E-state index contributed by atoms with van der Waals surface area (Å²) in [4.78, 5) is 0. The lowest BCUT2D eigenvalue weighted by Crippen LogP contribution is -2.40. The molecule has 16 heavy (non-hydrogen) atoms. The zero-order valence-electron chi connectivity index (χ0n) is 9.45. The molecular weight excluding hydrogens is 262 g/mol. The third kappa shape index (κ3) is 2.96. The van der Waals surface area contributed by atoms with Crippen LogP contribution >= 0.6 is 15.9 Å². The van der Waals surface area contributed by atoms with Gasteiger partial charge < -0.3 is 5.32 Å². The van der Waals surface area contributed by atoms with Gasteiger partial charge in [-0.2, -0.15) is 0 Å². The van der Waals surface area contributed by atoms with Crippen molar-refractivity contribution in [1.29, 1.82) is 0 Å². The van der Waals surface area contributed by atoms with Gasteiger partial charge in [0.25, 0.3) is 0 Å². The second-order valence-corrected chi connectivity index (χ2v) is 5.36. The molecule has 1 N–H and O–H groups in total.